The largest absolute Gasteiger partial charge is 0.495 e. The van der Waals surface area contributed by atoms with Crippen molar-refractivity contribution in [3.63, 3.8) is 0 Å². The molecule has 1 fully saturated rings. The molecule has 0 bridgehead atoms. The Morgan fingerprint density at radius 1 is 1.24 bits per heavy atom. The number of likely N-dealkylation sites (tertiary alicyclic amines) is 1. The van der Waals surface area contributed by atoms with Crippen LogP contribution >= 0.6 is 11.3 Å². The van der Waals surface area contributed by atoms with Crippen LogP contribution in [-0.2, 0) is 6.54 Å². The van der Waals surface area contributed by atoms with Gasteiger partial charge in [0, 0.05) is 36.7 Å². The van der Waals surface area contributed by atoms with Crippen molar-refractivity contribution in [2.24, 2.45) is 5.92 Å². The molecule has 3 aromatic heterocycles. The normalized spacial score (nSPS) is 19.2. The number of nitrogens with two attached hydrogens (primary N) is 1. The first-order chi connectivity index (χ1) is 16.0. The van der Waals surface area contributed by atoms with E-state index in [1.807, 2.05) is 4.52 Å². The van der Waals surface area contributed by atoms with Crippen molar-refractivity contribution in [3.8, 4) is 16.2 Å². The summed E-state index contributed by atoms with van der Waals surface area (Å²) in [5.41, 5.74) is 10.3. The summed E-state index contributed by atoms with van der Waals surface area (Å²) in [6.45, 7) is 4.28. The Kier molecular flexibility index (Phi) is 5.96. The molecule has 0 amide bonds. The van der Waals surface area contributed by atoms with Crippen LogP contribution in [0.1, 0.15) is 24.1 Å². The number of fused-ring (bicyclic) bond motifs is 2. The van der Waals surface area contributed by atoms with Gasteiger partial charge in [0.15, 0.2) is 5.82 Å². The lowest BCUT2D eigenvalue weighted by Gasteiger charge is -2.15. The average molecular weight is 468 g/mol. The molecule has 0 radical (unpaired) electrons. The first kappa shape index (κ1) is 22.1. The summed E-state index contributed by atoms with van der Waals surface area (Å²) < 4.78 is 8.59. The van der Waals surface area contributed by atoms with Crippen molar-refractivity contribution in [3.05, 3.63) is 41.9 Å². The minimum Gasteiger partial charge on any atom is -0.495 e. The summed E-state index contributed by atoms with van der Waals surface area (Å²) in [7, 11) is 1.70. The standard InChI is InChI=1S/C24H29N5O3S/c1-14-6-16-8-21(33-23(16)20(7-14)32-2)18-9-17(29-22(18)24(25)26-13-27-29)11-28-10-15(4-3-5-30)19(31)12-28/h6-9,13,15,19,30-31H,3-5,10-12H2,1-2H3,(H2,25,26,27). The van der Waals surface area contributed by atoms with Crippen molar-refractivity contribution in [1.29, 1.82) is 0 Å². The molecule has 0 saturated carbocycles. The fourth-order valence-electron chi connectivity index (χ4n) is 4.92. The van der Waals surface area contributed by atoms with Gasteiger partial charge in [-0.1, -0.05) is 6.07 Å². The van der Waals surface area contributed by atoms with Crippen LogP contribution in [0.2, 0.25) is 0 Å². The molecule has 1 aliphatic heterocycles. The van der Waals surface area contributed by atoms with E-state index in [0.29, 0.717) is 25.3 Å². The number of hydrogen-bond donors (Lipinski definition) is 3. The van der Waals surface area contributed by atoms with Crippen LogP contribution in [0.3, 0.4) is 0 Å². The summed E-state index contributed by atoms with van der Waals surface area (Å²) in [6.07, 6.45) is 2.65. The van der Waals surface area contributed by atoms with E-state index in [1.165, 1.54) is 6.33 Å². The third-order valence-electron chi connectivity index (χ3n) is 6.47. The number of aromatic nitrogens is 3. The number of anilines is 1. The van der Waals surface area contributed by atoms with Crippen molar-refractivity contribution < 1.29 is 14.9 Å². The van der Waals surface area contributed by atoms with E-state index in [1.54, 1.807) is 18.4 Å². The van der Waals surface area contributed by atoms with Gasteiger partial charge in [-0.15, -0.1) is 11.3 Å². The highest BCUT2D eigenvalue weighted by molar-refractivity contribution is 7.22. The van der Waals surface area contributed by atoms with Crippen LogP contribution in [-0.4, -0.2) is 62.6 Å². The van der Waals surface area contributed by atoms with Crippen LogP contribution in [0.4, 0.5) is 5.82 Å². The number of ether oxygens (including phenoxy) is 1. The number of hydrogen-bond acceptors (Lipinski definition) is 8. The zero-order valence-corrected chi connectivity index (χ0v) is 19.7. The molecule has 1 aromatic carbocycles. The number of nitrogen functional groups attached to an aromatic ring is 1. The lowest BCUT2D eigenvalue weighted by Crippen LogP contribution is -2.22. The maximum atomic E-state index is 10.5. The third-order valence-corrected chi connectivity index (χ3v) is 7.67. The second-order valence-electron chi connectivity index (χ2n) is 8.84. The molecule has 2 atom stereocenters. The topological polar surface area (TPSA) is 109 Å². The minimum absolute atomic E-state index is 0.158. The summed E-state index contributed by atoms with van der Waals surface area (Å²) in [5, 5.41) is 25.2. The highest BCUT2D eigenvalue weighted by Gasteiger charge is 2.31. The quantitative estimate of drug-likeness (QED) is 0.383. The van der Waals surface area contributed by atoms with Crippen molar-refractivity contribution in [2.75, 3.05) is 32.5 Å². The van der Waals surface area contributed by atoms with Crippen molar-refractivity contribution in [1.82, 2.24) is 19.5 Å². The minimum atomic E-state index is -0.375. The predicted octanol–water partition coefficient (Wildman–Crippen LogP) is 3.08. The zero-order valence-electron chi connectivity index (χ0n) is 18.9. The van der Waals surface area contributed by atoms with Crippen molar-refractivity contribution >= 4 is 32.8 Å². The molecule has 0 spiro atoms. The van der Waals surface area contributed by atoms with E-state index in [9.17, 15) is 5.11 Å². The summed E-state index contributed by atoms with van der Waals surface area (Å²) in [4.78, 5) is 7.58. The maximum absolute atomic E-state index is 10.5. The number of β-amino-alcohol motifs (C(OH)–C–C–N with tert-alkyl or cyclic N) is 1. The van der Waals surface area contributed by atoms with Gasteiger partial charge in [-0.3, -0.25) is 4.90 Å². The van der Waals surface area contributed by atoms with E-state index in [2.05, 4.69) is 46.2 Å². The number of aliphatic hydroxyl groups is 2. The fraction of sp³-hybridized carbons (Fsp3) is 0.417. The monoisotopic (exact) mass is 467 g/mol. The average Bonchev–Trinajstić information content (AvgIpc) is 3.47. The second-order valence-corrected chi connectivity index (χ2v) is 9.89. The first-order valence-electron chi connectivity index (χ1n) is 11.2. The number of methoxy groups -OCH3 is 1. The molecule has 1 aliphatic rings. The van der Waals surface area contributed by atoms with Gasteiger partial charge in [-0.2, -0.15) is 5.10 Å². The maximum Gasteiger partial charge on any atom is 0.152 e. The molecule has 1 saturated heterocycles. The van der Waals surface area contributed by atoms with Gasteiger partial charge in [0.2, 0.25) is 0 Å². The Balaban J connectivity index is 1.53. The number of nitrogens with zero attached hydrogens (tertiary/aromatic N) is 4. The summed E-state index contributed by atoms with van der Waals surface area (Å²) in [6, 6.07) is 8.52. The molecule has 9 heteroatoms. The lowest BCUT2D eigenvalue weighted by molar-refractivity contribution is 0.132. The zero-order chi connectivity index (χ0) is 23.1. The van der Waals surface area contributed by atoms with Crippen molar-refractivity contribution in [2.45, 2.75) is 32.4 Å². The molecule has 33 heavy (non-hydrogen) atoms. The molecular formula is C24H29N5O3S. The highest BCUT2D eigenvalue weighted by atomic mass is 32.1. The Bertz CT molecular complexity index is 1300. The van der Waals surface area contributed by atoms with E-state index in [4.69, 9.17) is 15.6 Å². The molecule has 8 nitrogen and oxygen atoms in total. The SMILES string of the molecule is COc1cc(C)cc2cc(-c3cc(CN4CC(O)C(CCCO)C4)n4ncnc(N)c34)sc12. The van der Waals surface area contributed by atoms with Gasteiger partial charge in [-0.25, -0.2) is 9.50 Å². The number of aryl methyl sites for hydroxylation is 1. The van der Waals surface area contributed by atoms with Crippen LogP contribution < -0.4 is 10.5 Å². The highest BCUT2D eigenvalue weighted by Crippen LogP contribution is 2.42. The van der Waals surface area contributed by atoms with E-state index < -0.39 is 0 Å². The van der Waals surface area contributed by atoms with Crippen LogP contribution in [0, 0.1) is 12.8 Å². The smallest absolute Gasteiger partial charge is 0.152 e. The van der Waals surface area contributed by atoms with E-state index >= 15 is 0 Å². The molecule has 174 valence electrons. The van der Waals surface area contributed by atoms with Gasteiger partial charge in [0.25, 0.3) is 0 Å². The van der Waals surface area contributed by atoms with E-state index in [0.717, 1.165) is 56.0 Å². The van der Waals surface area contributed by atoms with Gasteiger partial charge in [0.05, 0.1) is 23.6 Å². The Labute approximate surface area is 196 Å². The Morgan fingerprint density at radius 2 is 2.09 bits per heavy atom. The molecular weight excluding hydrogens is 438 g/mol. The summed E-state index contributed by atoms with van der Waals surface area (Å²) in [5.74, 6) is 1.49. The Hall–Kier alpha value is -2.72. The van der Waals surface area contributed by atoms with Crippen LogP contribution in [0.5, 0.6) is 5.75 Å². The van der Waals surface area contributed by atoms with Crippen LogP contribution in [0.15, 0.2) is 30.6 Å². The van der Waals surface area contributed by atoms with Gasteiger partial charge in [-0.05, 0) is 54.8 Å². The third kappa shape index (κ3) is 4.06. The molecule has 0 aliphatic carbocycles. The van der Waals surface area contributed by atoms with Gasteiger partial charge < -0.3 is 20.7 Å². The van der Waals surface area contributed by atoms with E-state index in [-0.39, 0.29) is 18.6 Å². The molecule has 5 rings (SSSR count). The van der Waals surface area contributed by atoms with Gasteiger partial charge >= 0.3 is 0 Å². The predicted molar refractivity (Wildman–Crippen MR) is 131 cm³/mol. The molecule has 4 N–H and O–H groups in total. The molecule has 2 unspecified atom stereocenters. The number of aliphatic hydroxyl groups excluding tert-OH is 2. The number of thiophene rings is 1. The lowest BCUT2D eigenvalue weighted by atomic mass is 10.0. The fourth-order valence-corrected chi connectivity index (χ4v) is 6.07. The molecule has 4 heterocycles. The molecule has 4 aromatic rings. The summed E-state index contributed by atoms with van der Waals surface area (Å²) >= 11 is 1.67. The first-order valence-corrected chi connectivity index (χ1v) is 12.0. The van der Waals surface area contributed by atoms with Crippen LogP contribution in [0.25, 0.3) is 26.0 Å². The second kappa shape index (κ2) is 8.90. The number of rotatable bonds is 7. The van der Waals surface area contributed by atoms with Gasteiger partial charge in [0.1, 0.15) is 17.6 Å². The number of benzene rings is 1. The Morgan fingerprint density at radius 3 is 2.88 bits per heavy atom.